The molecule has 0 radical (unpaired) electrons. The van der Waals surface area contributed by atoms with Gasteiger partial charge >= 0.3 is 0 Å². The van der Waals surface area contributed by atoms with Gasteiger partial charge in [0.1, 0.15) is 23.5 Å². The summed E-state index contributed by atoms with van der Waals surface area (Å²) < 4.78 is 10.5. The van der Waals surface area contributed by atoms with Crippen LogP contribution in [-0.2, 0) is 0 Å². The van der Waals surface area contributed by atoms with Gasteiger partial charge in [-0.25, -0.2) is 9.97 Å². The number of methoxy groups -OCH3 is 2. The highest BCUT2D eigenvalue weighted by Gasteiger charge is 2.15. The first kappa shape index (κ1) is 14.3. The van der Waals surface area contributed by atoms with Crippen LogP contribution in [0.5, 0.6) is 11.5 Å². The summed E-state index contributed by atoms with van der Waals surface area (Å²) in [5.74, 6) is 0.972. The van der Waals surface area contributed by atoms with Crippen molar-refractivity contribution in [1.82, 2.24) is 15.0 Å². The number of nitrogens with one attached hydrogen (secondary N) is 1. The predicted octanol–water partition coefficient (Wildman–Crippen LogP) is 2.66. The Morgan fingerprint density at radius 1 is 1.14 bits per heavy atom. The molecule has 0 unspecified atom stereocenters. The second kappa shape index (κ2) is 5.65. The van der Waals surface area contributed by atoms with E-state index in [2.05, 4.69) is 15.0 Å². The van der Waals surface area contributed by atoms with E-state index in [1.165, 1.54) is 20.5 Å². The van der Waals surface area contributed by atoms with Crippen molar-refractivity contribution < 1.29 is 9.47 Å². The number of pyridine rings is 1. The van der Waals surface area contributed by atoms with Crippen molar-refractivity contribution in [3.8, 4) is 22.6 Å². The molecule has 0 aliphatic rings. The number of rotatable bonds is 3. The van der Waals surface area contributed by atoms with E-state index < -0.39 is 0 Å². The van der Waals surface area contributed by atoms with Crippen molar-refractivity contribution in [3.05, 3.63) is 46.1 Å². The first-order valence-electron chi connectivity index (χ1n) is 6.39. The van der Waals surface area contributed by atoms with Crippen LogP contribution in [0.2, 0.25) is 5.02 Å². The van der Waals surface area contributed by atoms with Gasteiger partial charge in [-0.05, 0) is 12.1 Å². The molecule has 3 rings (SSSR count). The minimum Gasteiger partial charge on any atom is -0.497 e. The highest BCUT2D eigenvalue weighted by atomic mass is 35.5. The molecule has 0 saturated carbocycles. The fraction of sp³-hybridized carbons (Fsp3) is 0.133. The van der Waals surface area contributed by atoms with E-state index in [0.29, 0.717) is 38.7 Å². The number of halogens is 1. The third-order valence-corrected chi connectivity index (χ3v) is 3.67. The van der Waals surface area contributed by atoms with Crippen LogP contribution in [0.4, 0.5) is 0 Å². The highest BCUT2D eigenvalue weighted by Crippen LogP contribution is 2.38. The molecular weight excluding hydrogens is 306 g/mol. The van der Waals surface area contributed by atoms with Gasteiger partial charge < -0.3 is 14.5 Å². The third-order valence-electron chi connectivity index (χ3n) is 3.28. The zero-order chi connectivity index (χ0) is 15.7. The second-order valence-electron chi connectivity index (χ2n) is 4.53. The summed E-state index contributed by atoms with van der Waals surface area (Å²) in [5.41, 5.74) is 1.08. The monoisotopic (exact) mass is 317 g/mol. The Labute approximate surface area is 130 Å². The summed E-state index contributed by atoms with van der Waals surface area (Å²) in [6.07, 6.45) is 2.99. The summed E-state index contributed by atoms with van der Waals surface area (Å²) >= 11 is 6.33. The zero-order valence-electron chi connectivity index (χ0n) is 11.9. The summed E-state index contributed by atoms with van der Waals surface area (Å²) in [7, 11) is 3.04. The highest BCUT2D eigenvalue weighted by molar-refractivity contribution is 6.35. The molecule has 0 fully saturated rings. The number of fused-ring (bicyclic) bond motifs is 1. The van der Waals surface area contributed by atoms with Gasteiger partial charge in [-0.1, -0.05) is 11.6 Å². The maximum atomic E-state index is 12.3. The first-order chi connectivity index (χ1) is 10.6. The molecule has 0 saturated heterocycles. The molecule has 0 atom stereocenters. The van der Waals surface area contributed by atoms with Gasteiger partial charge in [-0.15, -0.1) is 0 Å². The van der Waals surface area contributed by atoms with Crippen LogP contribution in [0.3, 0.4) is 0 Å². The van der Waals surface area contributed by atoms with Gasteiger partial charge in [0.25, 0.3) is 5.56 Å². The lowest BCUT2D eigenvalue weighted by molar-refractivity contribution is 0.395. The van der Waals surface area contributed by atoms with Crippen molar-refractivity contribution in [2.24, 2.45) is 0 Å². The predicted molar refractivity (Wildman–Crippen MR) is 83.7 cm³/mol. The number of hydrogen-bond acceptors (Lipinski definition) is 5. The summed E-state index contributed by atoms with van der Waals surface area (Å²) in [4.78, 5) is 23.0. The largest absolute Gasteiger partial charge is 0.497 e. The Hall–Kier alpha value is -2.60. The molecule has 7 heteroatoms. The van der Waals surface area contributed by atoms with Crippen molar-refractivity contribution in [2.75, 3.05) is 14.2 Å². The van der Waals surface area contributed by atoms with E-state index in [1.807, 2.05) is 0 Å². The van der Waals surface area contributed by atoms with Crippen molar-refractivity contribution in [1.29, 1.82) is 0 Å². The van der Waals surface area contributed by atoms with E-state index in [9.17, 15) is 4.79 Å². The topological polar surface area (TPSA) is 77.1 Å². The Kier molecular flexibility index (Phi) is 3.68. The number of H-pyrrole nitrogens is 1. The molecule has 0 amide bonds. The fourth-order valence-electron chi connectivity index (χ4n) is 2.18. The van der Waals surface area contributed by atoms with Crippen molar-refractivity contribution in [2.45, 2.75) is 0 Å². The normalized spacial score (nSPS) is 10.7. The maximum Gasteiger partial charge on any atom is 0.257 e. The third kappa shape index (κ3) is 2.37. The number of aromatic amines is 1. The van der Waals surface area contributed by atoms with Crippen LogP contribution in [0.15, 0.2) is 35.5 Å². The number of nitrogens with zero attached hydrogens (tertiary/aromatic N) is 2. The molecule has 0 spiro atoms. The smallest absolute Gasteiger partial charge is 0.257 e. The van der Waals surface area contributed by atoms with Gasteiger partial charge in [0.05, 0.1) is 19.2 Å². The Bertz CT molecular complexity index is 908. The molecule has 3 aromatic rings. The molecule has 2 aromatic heterocycles. The minimum atomic E-state index is -0.302. The molecule has 6 nitrogen and oxygen atoms in total. The average Bonchev–Trinajstić information content (AvgIpc) is 2.54. The molecule has 0 aliphatic heterocycles. The molecule has 1 aromatic carbocycles. The molecule has 1 N–H and O–H groups in total. The van der Waals surface area contributed by atoms with Crippen LogP contribution in [0, 0.1) is 0 Å². The van der Waals surface area contributed by atoms with Crippen LogP contribution in [0.1, 0.15) is 0 Å². The number of hydrogen-bond donors (Lipinski definition) is 1. The van der Waals surface area contributed by atoms with Crippen LogP contribution >= 0.6 is 11.6 Å². The van der Waals surface area contributed by atoms with E-state index in [4.69, 9.17) is 21.1 Å². The van der Waals surface area contributed by atoms with Gasteiger partial charge in [-0.3, -0.25) is 4.79 Å². The SMILES string of the molecule is COc1cc(OC)c(Cl)c(-c2cc3cncnc3[nH]c2=O)c1. The summed E-state index contributed by atoms with van der Waals surface area (Å²) in [6, 6.07) is 5.03. The number of aromatic nitrogens is 3. The average molecular weight is 318 g/mol. The lowest BCUT2D eigenvalue weighted by atomic mass is 10.1. The van der Waals surface area contributed by atoms with Crippen molar-refractivity contribution in [3.63, 3.8) is 0 Å². The second-order valence-corrected chi connectivity index (χ2v) is 4.91. The molecule has 0 bridgehead atoms. The van der Waals surface area contributed by atoms with E-state index in [-0.39, 0.29) is 5.56 Å². The van der Waals surface area contributed by atoms with Gasteiger partial charge in [0.2, 0.25) is 0 Å². The number of benzene rings is 1. The van der Waals surface area contributed by atoms with Gasteiger partial charge in [0, 0.05) is 28.8 Å². The first-order valence-corrected chi connectivity index (χ1v) is 6.76. The lowest BCUT2D eigenvalue weighted by Crippen LogP contribution is -2.10. The van der Waals surface area contributed by atoms with Gasteiger partial charge in [-0.2, -0.15) is 0 Å². The van der Waals surface area contributed by atoms with E-state index in [0.717, 1.165) is 0 Å². The molecule has 22 heavy (non-hydrogen) atoms. The standard InChI is InChI=1S/C15H12ClN3O3/c1-21-9-4-10(13(16)12(5-9)22-2)11-3-8-6-17-7-18-14(8)19-15(11)20/h3-7H,1-2H3,(H,17,18,19,20). The summed E-state index contributed by atoms with van der Waals surface area (Å²) in [6.45, 7) is 0. The quantitative estimate of drug-likeness (QED) is 0.803. The fourth-order valence-corrected chi connectivity index (χ4v) is 2.47. The van der Waals surface area contributed by atoms with Crippen LogP contribution < -0.4 is 15.0 Å². The van der Waals surface area contributed by atoms with Crippen LogP contribution in [-0.4, -0.2) is 29.2 Å². The van der Waals surface area contributed by atoms with E-state index in [1.54, 1.807) is 24.4 Å². The summed E-state index contributed by atoms with van der Waals surface area (Å²) in [5, 5.41) is 1.04. The number of ether oxygens (including phenoxy) is 2. The lowest BCUT2D eigenvalue weighted by Gasteiger charge is -2.11. The zero-order valence-corrected chi connectivity index (χ0v) is 12.6. The molecule has 0 aliphatic carbocycles. The van der Waals surface area contributed by atoms with Gasteiger partial charge in [0.15, 0.2) is 0 Å². The molecule has 2 heterocycles. The minimum absolute atomic E-state index is 0.302. The van der Waals surface area contributed by atoms with E-state index >= 15 is 0 Å². The van der Waals surface area contributed by atoms with Crippen LogP contribution in [0.25, 0.3) is 22.2 Å². The Balaban J connectivity index is 2.31. The maximum absolute atomic E-state index is 12.3. The molecular formula is C15H12ClN3O3. The van der Waals surface area contributed by atoms with Crippen molar-refractivity contribution >= 4 is 22.6 Å². The Morgan fingerprint density at radius 3 is 2.68 bits per heavy atom. The Morgan fingerprint density at radius 2 is 1.95 bits per heavy atom. The molecule has 112 valence electrons.